The van der Waals surface area contributed by atoms with Crippen molar-refractivity contribution in [2.75, 3.05) is 18.0 Å². The molecule has 0 aliphatic carbocycles. The van der Waals surface area contributed by atoms with Crippen molar-refractivity contribution in [3.05, 3.63) is 60.0 Å². The molecule has 0 bridgehead atoms. The summed E-state index contributed by atoms with van der Waals surface area (Å²) in [5, 5.41) is 0. The van der Waals surface area contributed by atoms with Gasteiger partial charge >= 0.3 is 0 Å². The van der Waals surface area contributed by atoms with Crippen LogP contribution in [-0.4, -0.2) is 34.1 Å². The van der Waals surface area contributed by atoms with E-state index in [2.05, 4.69) is 13.2 Å². The number of carbonyl (C=O) groups is 2. The lowest BCUT2D eigenvalue weighted by atomic mass is 10.1. The molecule has 1 saturated heterocycles. The second-order valence-corrected chi connectivity index (χ2v) is 6.64. The third-order valence-corrected chi connectivity index (χ3v) is 5.07. The SMILES string of the molecule is C=CCN1C(=O)/C(=C2/C(=O)N(CC=C)c3ccccc32)SC1=S. The fourth-order valence-electron chi connectivity index (χ4n) is 2.65. The van der Waals surface area contributed by atoms with E-state index in [4.69, 9.17) is 12.2 Å². The average Bonchev–Trinajstić information content (AvgIpc) is 2.97. The minimum Gasteiger partial charge on any atom is -0.304 e. The molecule has 6 heteroatoms. The van der Waals surface area contributed by atoms with Gasteiger partial charge in [-0.15, -0.1) is 13.2 Å². The van der Waals surface area contributed by atoms with Crippen LogP contribution in [0.15, 0.2) is 54.5 Å². The minimum atomic E-state index is -0.237. The Labute approximate surface area is 144 Å². The van der Waals surface area contributed by atoms with Gasteiger partial charge in [0.2, 0.25) is 0 Å². The summed E-state index contributed by atoms with van der Waals surface area (Å²) >= 11 is 6.43. The summed E-state index contributed by atoms with van der Waals surface area (Å²) in [6.45, 7) is 8.07. The molecule has 116 valence electrons. The number of thiocarbonyl (C=S) groups is 1. The maximum Gasteiger partial charge on any atom is 0.267 e. The molecule has 2 aliphatic heterocycles. The molecule has 1 aromatic rings. The van der Waals surface area contributed by atoms with Crippen molar-refractivity contribution in [2.45, 2.75) is 0 Å². The number of para-hydroxylation sites is 1. The summed E-state index contributed by atoms with van der Waals surface area (Å²) in [6.07, 6.45) is 3.29. The molecule has 0 N–H and O–H groups in total. The number of carbonyl (C=O) groups excluding carboxylic acids is 2. The summed E-state index contributed by atoms with van der Waals surface area (Å²) in [6, 6.07) is 7.45. The standard InChI is InChI=1S/C17H14N2O2S2/c1-3-9-18-12-8-6-5-7-11(12)13(15(18)20)14-16(21)19(10-4-2)17(22)23-14/h3-8H,1-2,9-10H2/b14-13-. The van der Waals surface area contributed by atoms with Crippen molar-refractivity contribution in [3.63, 3.8) is 0 Å². The van der Waals surface area contributed by atoms with Crippen LogP contribution in [0, 0.1) is 0 Å². The van der Waals surface area contributed by atoms with Crippen molar-refractivity contribution in [1.82, 2.24) is 4.90 Å². The molecule has 0 radical (unpaired) electrons. The van der Waals surface area contributed by atoms with E-state index in [0.717, 1.165) is 11.3 Å². The van der Waals surface area contributed by atoms with Gasteiger partial charge in [0, 0.05) is 18.7 Å². The summed E-state index contributed by atoms with van der Waals surface area (Å²) in [4.78, 5) is 28.9. The molecule has 0 saturated carbocycles. The topological polar surface area (TPSA) is 40.6 Å². The predicted octanol–water partition coefficient (Wildman–Crippen LogP) is 2.98. The van der Waals surface area contributed by atoms with Crippen molar-refractivity contribution >= 4 is 51.4 Å². The Morgan fingerprint density at radius 2 is 1.70 bits per heavy atom. The van der Waals surface area contributed by atoms with Gasteiger partial charge in [0.25, 0.3) is 11.8 Å². The first-order chi connectivity index (χ1) is 11.1. The molecule has 0 atom stereocenters. The number of thioether (sulfide) groups is 1. The molecule has 2 amide bonds. The van der Waals surface area contributed by atoms with Gasteiger partial charge < -0.3 is 4.90 Å². The number of hydrogen-bond donors (Lipinski definition) is 0. The number of benzene rings is 1. The Morgan fingerprint density at radius 3 is 2.39 bits per heavy atom. The maximum absolute atomic E-state index is 12.8. The lowest BCUT2D eigenvalue weighted by Crippen LogP contribution is -2.29. The lowest BCUT2D eigenvalue weighted by Gasteiger charge is -2.14. The van der Waals surface area contributed by atoms with Gasteiger partial charge in [0.15, 0.2) is 0 Å². The Bertz CT molecular complexity index is 783. The third-order valence-electron chi connectivity index (χ3n) is 3.62. The van der Waals surface area contributed by atoms with Gasteiger partial charge in [0.05, 0.1) is 16.2 Å². The first-order valence-electron chi connectivity index (χ1n) is 7.01. The Balaban J connectivity index is 2.14. The van der Waals surface area contributed by atoms with Crippen LogP contribution in [0.5, 0.6) is 0 Å². The molecule has 4 nitrogen and oxygen atoms in total. The van der Waals surface area contributed by atoms with Crippen LogP contribution in [0.25, 0.3) is 5.57 Å². The van der Waals surface area contributed by atoms with E-state index in [0.29, 0.717) is 27.9 Å². The highest BCUT2D eigenvalue weighted by atomic mass is 32.2. The molecule has 2 heterocycles. The molecule has 0 spiro atoms. The van der Waals surface area contributed by atoms with E-state index < -0.39 is 0 Å². The van der Waals surface area contributed by atoms with Gasteiger partial charge in [0.1, 0.15) is 4.32 Å². The van der Waals surface area contributed by atoms with Crippen LogP contribution in [0.4, 0.5) is 5.69 Å². The molecule has 0 aromatic heterocycles. The average molecular weight is 342 g/mol. The molecule has 0 unspecified atom stereocenters. The van der Waals surface area contributed by atoms with Gasteiger partial charge in [-0.25, -0.2) is 0 Å². The van der Waals surface area contributed by atoms with Crippen LogP contribution in [0.3, 0.4) is 0 Å². The fourth-order valence-corrected chi connectivity index (χ4v) is 3.99. The monoisotopic (exact) mass is 342 g/mol. The highest BCUT2D eigenvalue weighted by Crippen LogP contribution is 2.44. The highest BCUT2D eigenvalue weighted by Gasteiger charge is 2.41. The lowest BCUT2D eigenvalue weighted by molar-refractivity contribution is -0.122. The second kappa shape index (κ2) is 6.14. The number of amides is 2. The first kappa shape index (κ1) is 15.7. The number of fused-ring (bicyclic) bond motifs is 1. The summed E-state index contributed by atoms with van der Waals surface area (Å²) in [7, 11) is 0. The zero-order valence-electron chi connectivity index (χ0n) is 12.3. The van der Waals surface area contributed by atoms with Crippen molar-refractivity contribution in [1.29, 1.82) is 0 Å². The Hall–Kier alpha value is -2.18. The largest absolute Gasteiger partial charge is 0.304 e. The van der Waals surface area contributed by atoms with Gasteiger partial charge in [-0.05, 0) is 6.07 Å². The van der Waals surface area contributed by atoms with Crippen LogP contribution in [-0.2, 0) is 9.59 Å². The zero-order chi connectivity index (χ0) is 16.6. The number of rotatable bonds is 4. The Morgan fingerprint density at radius 1 is 1.04 bits per heavy atom. The number of anilines is 1. The van der Waals surface area contributed by atoms with Crippen molar-refractivity contribution in [2.24, 2.45) is 0 Å². The van der Waals surface area contributed by atoms with Crippen LogP contribution < -0.4 is 4.90 Å². The quantitative estimate of drug-likeness (QED) is 0.479. The Kier molecular flexibility index (Phi) is 4.19. The summed E-state index contributed by atoms with van der Waals surface area (Å²) in [5.74, 6) is -0.427. The van der Waals surface area contributed by atoms with E-state index in [1.165, 1.54) is 16.7 Å². The first-order valence-corrected chi connectivity index (χ1v) is 8.23. The second-order valence-electron chi connectivity index (χ2n) is 5.00. The third kappa shape index (κ3) is 2.44. The molecular weight excluding hydrogens is 328 g/mol. The number of nitrogens with zero attached hydrogens (tertiary/aromatic N) is 2. The maximum atomic E-state index is 12.8. The molecule has 2 aliphatic rings. The molecule has 23 heavy (non-hydrogen) atoms. The number of hydrogen-bond acceptors (Lipinski definition) is 4. The van der Waals surface area contributed by atoms with Gasteiger partial charge in [-0.1, -0.05) is 54.3 Å². The van der Waals surface area contributed by atoms with E-state index in [-0.39, 0.29) is 11.8 Å². The van der Waals surface area contributed by atoms with Crippen LogP contribution in [0.2, 0.25) is 0 Å². The highest BCUT2D eigenvalue weighted by molar-refractivity contribution is 8.26. The van der Waals surface area contributed by atoms with Gasteiger partial charge in [-0.2, -0.15) is 0 Å². The molecule has 3 rings (SSSR count). The normalized spacial score (nSPS) is 20.3. The molecule has 1 aromatic carbocycles. The van der Waals surface area contributed by atoms with E-state index >= 15 is 0 Å². The van der Waals surface area contributed by atoms with Gasteiger partial charge in [-0.3, -0.25) is 14.5 Å². The molecule has 1 fully saturated rings. The van der Waals surface area contributed by atoms with Crippen LogP contribution >= 0.6 is 24.0 Å². The predicted molar refractivity (Wildman–Crippen MR) is 98.0 cm³/mol. The van der Waals surface area contributed by atoms with E-state index in [1.54, 1.807) is 17.1 Å². The zero-order valence-corrected chi connectivity index (χ0v) is 14.0. The minimum absolute atomic E-state index is 0.190. The smallest absolute Gasteiger partial charge is 0.267 e. The van der Waals surface area contributed by atoms with Crippen LogP contribution in [0.1, 0.15) is 5.56 Å². The van der Waals surface area contributed by atoms with E-state index in [9.17, 15) is 9.59 Å². The summed E-state index contributed by atoms with van der Waals surface area (Å²) < 4.78 is 0.449. The van der Waals surface area contributed by atoms with E-state index in [1.807, 2.05) is 24.3 Å². The molecular formula is C17H14N2O2S2. The van der Waals surface area contributed by atoms with Crippen molar-refractivity contribution in [3.8, 4) is 0 Å². The fraction of sp³-hybridized carbons (Fsp3) is 0.118. The van der Waals surface area contributed by atoms with Crippen molar-refractivity contribution < 1.29 is 9.59 Å². The summed E-state index contributed by atoms with van der Waals surface area (Å²) in [5.41, 5.74) is 1.98.